The van der Waals surface area contributed by atoms with Crippen molar-refractivity contribution in [3.8, 4) is 11.3 Å². The molecule has 0 radical (unpaired) electrons. The summed E-state index contributed by atoms with van der Waals surface area (Å²) < 4.78 is 4.86. The zero-order valence-electron chi connectivity index (χ0n) is 17.6. The van der Waals surface area contributed by atoms with Crippen LogP contribution >= 0.6 is 11.6 Å². The van der Waals surface area contributed by atoms with Crippen molar-refractivity contribution in [2.45, 2.75) is 26.2 Å². The average Bonchev–Trinajstić information content (AvgIpc) is 3.24. The highest BCUT2D eigenvalue weighted by molar-refractivity contribution is 6.38. The maximum atomic E-state index is 13.6. The van der Waals surface area contributed by atoms with Crippen LogP contribution in [-0.4, -0.2) is 29.9 Å². The second kappa shape index (κ2) is 7.39. The summed E-state index contributed by atoms with van der Waals surface area (Å²) in [5.74, 6) is -1.77. The number of fused-ring (bicyclic) bond motifs is 1. The summed E-state index contributed by atoms with van der Waals surface area (Å²) in [5, 5.41) is 0.531. The molecule has 6 nitrogen and oxygen atoms in total. The molecule has 0 saturated heterocycles. The molecule has 2 amide bonds. The van der Waals surface area contributed by atoms with E-state index in [-0.39, 0.29) is 22.2 Å². The number of aromatic amines is 1. The Morgan fingerprint density at radius 1 is 0.968 bits per heavy atom. The lowest BCUT2D eigenvalue weighted by atomic mass is 9.85. The SMILES string of the molecule is COC(=O)c1[nH]c(-c2ccc(Cl)cc2)c2c1C(=O)N(c1ccccc1C(C)(C)C)C2=O. The molecule has 158 valence electrons. The van der Waals surface area contributed by atoms with E-state index in [0.29, 0.717) is 22.0 Å². The average molecular weight is 437 g/mol. The van der Waals surface area contributed by atoms with Gasteiger partial charge in [0.2, 0.25) is 0 Å². The first-order chi connectivity index (χ1) is 14.6. The number of hydrogen-bond donors (Lipinski definition) is 1. The summed E-state index contributed by atoms with van der Waals surface area (Å²) in [6.45, 7) is 6.03. The van der Waals surface area contributed by atoms with E-state index in [1.807, 2.05) is 32.9 Å². The number of imide groups is 1. The fourth-order valence-electron chi connectivity index (χ4n) is 3.85. The van der Waals surface area contributed by atoms with Gasteiger partial charge in [-0.15, -0.1) is 0 Å². The van der Waals surface area contributed by atoms with Crippen molar-refractivity contribution in [2.24, 2.45) is 0 Å². The van der Waals surface area contributed by atoms with Crippen molar-refractivity contribution in [2.75, 3.05) is 12.0 Å². The van der Waals surface area contributed by atoms with Crippen LogP contribution < -0.4 is 4.90 Å². The molecule has 0 fully saturated rings. The molecule has 3 aromatic rings. The molecule has 1 N–H and O–H groups in total. The van der Waals surface area contributed by atoms with Crippen LogP contribution in [0.15, 0.2) is 48.5 Å². The first-order valence-electron chi connectivity index (χ1n) is 9.73. The quantitative estimate of drug-likeness (QED) is 0.451. The predicted molar refractivity (Wildman–Crippen MR) is 119 cm³/mol. The number of esters is 1. The third kappa shape index (κ3) is 3.33. The Morgan fingerprint density at radius 3 is 2.19 bits per heavy atom. The second-order valence-electron chi connectivity index (χ2n) is 8.34. The fraction of sp³-hybridized carbons (Fsp3) is 0.208. The molecule has 1 aliphatic heterocycles. The number of para-hydroxylation sites is 1. The first kappa shape index (κ1) is 20.9. The normalized spacial score (nSPS) is 13.5. The first-order valence-corrected chi connectivity index (χ1v) is 10.1. The van der Waals surface area contributed by atoms with Gasteiger partial charge in [-0.2, -0.15) is 0 Å². The smallest absolute Gasteiger partial charge is 0.355 e. The van der Waals surface area contributed by atoms with E-state index in [9.17, 15) is 14.4 Å². The number of ether oxygens (including phenoxy) is 1. The van der Waals surface area contributed by atoms with Gasteiger partial charge in [-0.25, -0.2) is 9.69 Å². The van der Waals surface area contributed by atoms with Gasteiger partial charge >= 0.3 is 5.97 Å². The highest BCUT2D eigenvalue weighted by Crippen LogP contribution is 2.40. The van der Waals surface area contributed by atoms with Gasteiger partial charge in [0.25, 0.3) is 11.8 Å². The lowest BCUT2D eigenvalue weighted by molar-refractivity contribution is 0.0591. The zero-order valence-corrected chi connectivity index (χ0v) is 18.3. The van der Waals surface area contributed by atoms with Crippen molar-refractivity contribution >= 4 is 35.1 Å². The van der Waals surface area contributed by atoms with E-state index < -0.39 is 17.8 Å². The number of rotatable bonds is 3. The van der Waals surface area contributed by atoms with Crippen molar-refractivity contribution in [3.63, 3.8) is 0 Å². The summed E-state index contributed by atoms with van der Waals surface area (Å²) in [6.07, 6.45) is 0. The molecule has 0 saturated carbocycles. The number of benzene rings is 2. The van der Waals surface area contributed by atoms with Gasteiger partial charge in [-0.1, -0.05) is 62.7 Å². The second-order valence-corrected chi connectivity index (χ2v) is 8.77. The molecular formula is C24H21ClN2O4. The van der Waals surface area contributed by atoms with Gasteiger partial charge in [0.05, 0.1) is 29.6 Å². The molecule has 0 atom stereocenters. The molecule has 31 heavy (non-hydrogen) atoms. The number of nitrogens with one attached hydrogen (secondary N) is 1. The maximum absolute atomic E-state index is 13.6. The number of aromatic nitrogens is 1. The predicted octanol–water partition coefficient (Wildman–Crippen LogP) is 5.22. The Morgan fingerprint density at radius 2 is 1.58 bits per heavy atom. The summed E-state index contributed by atoms with van der Waals surface area (Å²) >= 11 is 6.00. The summed E-state index contributed by atoms with van der Waals surface area (Å²) in [4.78, 5) is 43.6. The summed E-state index contributed by atoms with van der Waals surface area (Å²) in [7, 11) is 1.23. The van der Waals surface area contributed by atoms with E-state index in [1.165, 1.54) is 7.11 Å². The van der Waals surface area contributed by atoms with Crippen molar-refractivity contribution < 1.29 is 19.1 Å². The van der Waals surface area contributed by atoms with Crippen LogP contribution in [0.3, 0.4) is 0 Å². The summed E-state index contributed by atoms with van der Waals surface area (Å²) in [6, 6.07) is 14.1. The molecule has 0 unspecified atom stereocenters. The number of halogens is 1. The summed E-state index contributed by atoms with van der Waals surface area (Å²) in [5.41, 5.74) is 2.17. The molecule has 1 aromatic heterocycles. The van der Waals surface area contributed by atoms with Gasteiger partial charge in [-0.05, 0) is 34.7 Å². The third-order valence-electron chi connectivity index (χ3n) is 5.31. The Balaban J connectivity index is 1.94. The van der Waals surface area contributed by atoms with Crippen molar-refractivity contribution in [3.05, 3.63) is 75.9 Å². The number of hydrogen-bond acceptors (Lipinski definition) is 4. The van der Waals surface area contributed by atoms with Gasteiger partial charge in [-0.3, -0.25) is 9.59 Å². The van der Waals surface area contributed by atoms with Crippen LogP contribution in [0, 0.1) is 0 Å². The number of methoxy groups -OCH3 is 1. The van der Waals surface area contributed by atoms with Gasteiger partial charge in [0.15, 0.2) is 0 Å². The Kier molecular flexibility index (Phi) is 4.98. The molecule has 1 aliphatic rings. The van der Waals surface area contributed by atoms with Gasteiger partial charge in [0.1, 0.15) is 5.69 Å². The zero-order chi connectivity index (χ0) is 22.5. The van der Waals surface area contributed by atoms with Crippen LogP contribution in [0.4, 0.5) is 5.69 Å². The van der Waals surface area contributed by atoms with Crippen LogP contribution in [0.1, 0.15) is 57.5 Å². The Labute approximate surface area is 184 Å². The van der Waals surface area contributed by atoms with Crippen LogP contribution in [0.2, 0.25) is 5.02 Å². The topological polar surface area (TPSA) is 79.5 Å². The van der Waals surface area contributed by atoms with E-state index in [1.54, 1.807) is 36.4 Å². The van der Waals surface area contributed by atoms with E-state index in [0.717, 1.165) is 10.5 Å². The Hall–Kier alpha value is -3.38. The van der Waals surface area contributed by atoms with E-state index in [4.69, 9.17) is 16.3 Å². The molecule has 4 rings (SSSR count). The number of carbonyl (C=O) groups excluding carboxylic acids is 3. The van der Waals surface area contributed by atoms with Crippen molar-refractivity contribution in [1.82, 2.24) is 4.98 Å². The highest BCUT2D eigenvalue weighted by Gasteiger charge is 2.45. The minimum atomic E-state index is -0.719. The molecule has 7 heteroatoms. The number of H-pyrrole nitrogens is 1. The lowest BCUT2D eigenvalue weighted by Crippen LogP contribution is -2.33. The molecule has 0 spiro atoms. The molecule has 0 aliphatic carbocycles. The molecule has 0 bridgehead atoms. The largest absolute Gasteiger partial charge is 0.464 e. The number of amides is 2. The minimum absolute atomic E-state index is 0.0190. The monoisotopic (exact) mass is 436 g/mol. The van der Waals surface area contributed by atoms with E-state index >= 15 is 0 Å². The van der Waals surface area contributed by atoms with E-state index in [2.05, 4.69) is 4.98 Å². The maximum Gasteiger partial charge on any atom is 0.355 e. The molecular weight excluding hydrogens is 416 g/mol. The minimum Gasteiger partial charge on any atom is -0.464 e. The standard InChI is InChI=1S/C24H21ClN2O4/c1-24(2,3)15-7-5-6-8-16(15)27-21(28)17-18(22(27)29)20(23(30)31-4)26-19(17)13-9-11-14(25)12-10-13/h5-12,26H,1-4H3. The lowest BCUT2D eigenvalue weighted by Gasteiger charge is -2.26. The number of carbonyl (C=O) groups is 3. The molecule has 2 heterocycles. The van der Waals surface area contributed by atoms with Crippen LogP contribution in [0.25, 0.3) is 11.3 Å². The van der Waals surface area contributed by atoms with Crippen LogP contribution in [-0.2, 0) is 10.2 Å². The van der Waals surface area contributed by atoms with Gasteiger partial charge < -0.3 is 9.72 Å². The Bertz CT molecular complexity index is 1220. The molecule has 2 aromatic carbocycles. The van der Waals surface area contributed by atoms with Crippen molar-refractivity contribution in [1.29, 1.82) is 0 Å². The van der Waals surface area contributed by atoms with Gasteiger partial charge in [0, 0.05) is 5.02 Å². The number of nitrogens with zero attached hydrogens (tertiary/aromatic N) is 1. The number of anilines is 1. The highest BCUT2D eigenvalue weighted by atomic mass is 35.5. The van der Waals surface area contributed by atoms with Crippen LogP contribution in [0.5, 0.6) is 0 Å². The fourth-order valence-corrected chi connectivity index (χ4v) is 3.98. The third-order valence-corrected chi connectivity index (χ3v) is 5.56.